The van der Waals surface area contributed by atoms with Crippen LogP contribution >= 0.6 is 0 Å². The molecule has 188 valence electrons. The molecular formula is C28H60NOTi-. The fraction of sp³-hybridized carbons (Fsp3) is 1.00. The molecular weight excluding hydrogens is 414 g/mol. The molecule has 0 aliphatic rings. The van der Waals surface area contributed by atoms with E-state index in [2.05, 4.69) is 33.0 Å². The van der Waals surface area contributed by atoms with Crippen molar-refractivity contribution in [3.05, 3.63) is 5.32 Å². The predicted octanol–water partition coefficient (Wildman–Crippen LogP) is 9.83. The van der Waals surface area contributed by atoms with Crippen LogP contribution in [0.5, 0.6) is 0 Å². The van der Waals surface area contributed by atoms with E-state index >= 15 is 0 Å². The number of hydrogen-bond acceptors (Lipinski definition) is 1. The van der Waals surface area contributed by atoms with Crippen LogP contribution in [0.25, 0.3) is 5.32 Å². The molecule has 0 saturated carbocycles. The maximum atomic E-state index is 8.75. The van der Waals surface area contributed by atoms with E-state index in [1.165, 1.54) is 122 Å². The van der Waals surface area contributed by atoms with Gasteiger partial charge in [0, 0.05) is 28.3 Å². The summed E-state index contributed by atoms with van der Waals surface area (Å²) in [6.45, 7) is 11.5. The van der Waals surface area contributed by atoms with Gasteiger partial charge in [0.05, 0.1) is 0 Å². The molecule has 0 aliphatic heterocycles. The Morgan fingerprint density at radius 2 is 0.871 bits per heavy atom. The first-order valence-electron chi connectivity index (χ1n) is 14.0. The largest absolute Gasteiger partial charge is 0.662 e. The van der Waals surface area contributed by atoms with Gasteiger partial charge in [-0.25, -0.2) is 0 Å². The Morgan fingerprint density at radius 1 is 0.516 bits per heavy atom. The number of nitrogens with zero attached hydrogens (tertiary/aromatic N) is 1. The van der Waals surface area contributed by atoms with E-state index in [0.29, 0.717) is 12.5 Å². The summed E-state index contributed by atoms with van der Waals surface area (Å²) in [4.78, 5) is 0. The van der Waals surface area contributed by atoms with Crippen molar-refractivity contribution in [3.63, 3.8) is 0 Å². The van der Waals surface area contributed by atoms with Gasteiger partial charge in [0.25, 0.3) is 0 Å². The first-order chi connectivity index (χ1) is 14.8. The molecule has 2 nitrogen and oxygen atoms in total. The fourth-order valence-electron chi connectivity index (χ4n) is 3.74. The molecule has 1 N–H and O–H groups in total. The van der Waals surface area contributed by atoms with Crippen LogP contribution in [0.3, 0.4) is 0 Å². The van der Waals surface area contributed by atoms with Gasteiger partial charge in [0.1, 0.15) is 0 Å². The zero-order valence-corrected chi connectivity index (χ0v) is 23.8. The van der Waals surface area contributed by atoms with Crippen LogP contribution in [0.1, 0.15) is 156 Å². The minimum atomic E-state index is 0. The monoisotopic (exact) mass is 474 g/mol. The minimum absolute atomic E-state index is 0. The summed E-state index contributed by atoms with van der Waals surface area (Å²) in [5, 5.41) is 13.4. The average molecular weight is 475 g/mol. The Kier molecular flexibility index (Phi) is 41.1. The molecule has 1 unspecified atom stereocenters. The van der Waals surface area contributed by atoms with Crippen LogP contribution in [0.4, 0.5) is 0 Å². The summed E-state index contributed by atoms with van der Waals surface area (Å²) in [5.41, 5.74) is 0. The topological polar surface area (TPSA) is 34.3 Å². The summed E-state index contributed by atoms with van der Waals surface area (Å²) < 4.78 is 0. The van der Waals surface area contributed by atoms with Crippen LogP contribution in [-0.2, 0) is 21.7 Å². The molecule has 0 amide bonds. The number of rotatable bonds is 23. The third kappa shape index (κ3) is 35.4. The zero-order valence-electron chi connectivity index (χ0n) is 22.2. The molecule has 0 aliphatic carbocycles. The van der Waals surface area contributed by atoms with E-state index in [1.54, 1.807) is 0 Å². The number of unbranched alkanes of at least 4 members (excludes halogenated alkanes) is 15. The Labute approximate surface area is 213 Å². The second-order valence-electron chi connectivity index (χ2n) is 9.22. The Bertz CT molecular complexity index is 254. The van der Waals surface area contributed by atoms with Gasteiger partial charge >= 0.3 is 0 Å². The summed E-state index contributed by atoms with van der Waals surface area (Å²) >= 11 is 0. The van der Waals surface area contributed by atoms with Gasteiger partial charge in [0.15, 0.2) is 0 Å². The van der Waals surface area contributed by atoms with Gasteiger partial charge < -0.3 is 10.4 Å². The summed E-state index contributed by atoms with van der Waals surface area (Å²) in [5.74, 6) is 0.560. The van der Waals surface area contributed by atoms with E-state index < -0.39 is 0 Å². The van der Waals surface area contributed by atoms with Crippen molar-refractivity contribution in [2.45, 2.75) is 156 Å². The van der Waals surface area contributed by atoms with Crippen molar-refractivity contribution >= 4 is 0 Å². The Morgan fingerprint density at radius 3 is 1.19 bits per heavy atom. The molecule has 0 aromatic heterocycles. The minimum Gasteiger partial charge on any atom is -0.662 e. The van der Waals surface area contributed by atoms with Gasteiger partial charge in [-0.05, 0) is 12.3 Å². The third-order valence-corrected chi connectivity index (χ3v) is 6.14. The molecule has 1 atom stereocenters. The van der Waals surface area contributed by atoms with E-state index in [1.807, 2.05) is 0 Å². The molecule has 0 rings (SSSR count). The van der Waals surface area contributed by atoms with E-state index in [-0.39, 0.29) is 21.7 Å². The Balaban J connectivity index is -0.000000662. The zero-order chi connectivity index (χ0) is 22.5. The van der Waals surface area contributed by atoms with Gasteiger partial charge in [-0.2, -0.15) is 0 Å². The molecule has 0 aromatic carbocycles. The van der Waals surface area contributed by atoms with Gasteiger partial charge in [0.2, 0.25) is 0 Å². The summed E-state index contributed by atoms with van der Waals surface area (Å²) in [6.07, 6.45) is 27.4. The maximum Gasteiger partial charge on any atom is 0.0459 e. The molecule has 0 spiro atoms. The first kappa shape index (κ1) is 36.2. The summed E-state index contributed by atoms with van der Waals surface area (Å²) in [7, 11) is 0. The van der Waals surface area contributed by atoms with Crippen molar-refractivity contribution in [1.82, 2.24) is 0 Å². The first-order valence-corrected chi connectivity index (χ1v) is 14.0. The van der Waals surface area contributed by atoms with Crippen LogP contribution < -0.4 is 0 Å². The molecule has 0 heterocycles. The molecule has 0 saturated heterocycles. The van der Waals surface area contributed by atoms with E-state index in [9.17, 15) is 0 Å². The molecule has 0 radical (unpaired) electrons. The van der Waals surface area contributed by atoms with Crippen molar-refractivity contribution in [2.24, 2.45) is 5.92 Å². The van der Waals surface area contributed by atoms with Crippen LogP contribution in [0.2, 0.25) is 0 Å². The SMILES string of the molecule is CCCCC(CC)CO.CCCCCCCCCC[N-]CCCCCCCCCC.[Ti]. The molecule has 3 heteroatoms. The standard InChI is InChI=1S/C20H42N.C8H18O.Ti/c1-3-5-7-9-11-13-15-17-19-21-20-18-16-14-12-10-8-6-4-2;1-3-5-6-8(4-2)7-9;/h3-20H2,1-2H3;8-9H,3-7H2,1-2H3;/q-1;;. The normalized spacial score (nSPS) is 11.5. The van der Waals surface area contributed by atoms with Gasteiger partial charge in [-0.15, -0.1) is 13.1 Å². The van der Waals surface area contributed by atoms with E-state index in [0.717, 1.165) is 19.5 Å². The molecule has 0 fully saturated rings. The average Bonchev–Trinajstić information content (AvgIpc) is 2.77. The summed E-state index contributed by atoms with van der Waals surface area (Å²) in [6, 6.07) is 0. The molecule has 31 heavy (non-hydrogen) atoms. The second-order valence-corrected chi connectivity index (χ2v) is 9.22. The van der Waals surface area contributed by atoms with Crippen molar-refractivity contribution in [2.75, 3.05) is 19.7 Å². The number of aliphatic hydroxyl groups excluding tert-OH is 1. The van der Waals surface area contributed by atoms with Crippen molar-refractivity contribution in [1.29, 1.82) is 0 Å². The third-order valence-electron chi connectivity index (χ3n) is 6.14. The molecule has 0 bridgehead atoms. The second kappa shape index (κ2) is 35.2. The number of hydrogen-bond donors (Lipinski definition) is 1. The fourth-order valence-corrected chi connectivity index (χ4v) is 3.74. The van der Waals surface area contributed by atoms with Crippen molar-refractivity contribution < 1.29 is 26.8 Å². The molecule has 0 aromatic rings. The van der Waals surface area contributed by atoms with Crippen LogP contribution in [-0.4, -0.2) is 24.8 Å². The van der Waals surface area contributed by atoms with Crippen LogP contribution in [0.15, 0.2) is 0 Å². The maximum absolute atomic E-state index is 8.75. The van der Waals surface area contributed by atoms with E-state index in [4.69, 9.17) is 5.11 Å². The van der Waals surface area contributed by atoms with Gasteiger partial charge in [-0.3, -0.25) is 0 Å². The predicted molar refractivity (Wildman–Crippen MR) is 139 cm³/mol. The quantitative estimate of drug-likeness (QED) is 0.116. The van der Waals surface area contributed by atoms with Crippen LogP contribution in [0, 0.1) is 5.92 Å². The Hall–Kier alpha value is 0.634. The number of aliphatic hydroxyl groups is 1. The van der Waals surface area contributed by atoms with Gasteiger partial charge in [-0.1, -0.05) is 150 Å². The van der Waals surface area contributed by atoms with Crippen molar-refractivity contribution in [3.8, 4) is 0 Å². The smallest absolute Gasteiger partial charge is 0.0459 e.